The van der Waals surface area contributed by atoms with E-state index in [0.717, 1.165) is 0 Å². The first-order chi connectivity index (χ1) is 13.8. The highest BCUT2D eigenvalue weighted by Gasteiger charge is 2.29. The second kappa shape index (κ2) is 8.09. The molecular weight excluding hydrogens is 395 g/mol. The lowest BCUT2D eigenvalue weighted by Crippen LogP contribution is -2.19. The first-order valence-corrected chi connectivity index (χ1v) is 8.09. The minimum Gasteiger partial charge on any atom is -0.322 e. The van der Waals surface area contributed by atoms with Crippen molar-refractivity contribution in [3.63, 3.8) is 0 Å². The van der Waals surface area contributed by atoms with Crippen molar-refractivity contribution < 1.29 is 31.5 Å². The van der Waals surface area contributed by atoms with E-state index in [1.807, 2.05) is 5.32 Å². The first-order valence-electron chi connectivity index (χ1n) is 8.09. The number of rotatable bonds is 4. The van der Waals surface area contributed by atoms with Crippen LogP contribution in [-0.2, 0) is 0 Å². The van der Waals surface area contributed by atoms with Crippen molar-refractivity contribution in [1.82, 2.24) is 0 Å². The lowest BCUT2D eigenvalue weighted by molar-refractivity contribution is 0.101. The molecule has 0 aromatic heterocycles. The third-order valence-electron chi connectivity index (χ3n) is 3.87. The van der Waals surface area contributed by atoms with E-state index in [4.69, 9.17) is 0 Å². The largest absolute Gasteiger partial charge is 0.322 e. The van der Waals surface area contributed by atoms with E-state index in [9.17, 15) is 31.5 Å². The van der Waals surface area contributed by atoms with E-state index in [1.54, 1.807) is 30.3 Å². The van der Waals surface area contributed by atoms with Crippen LogP contribution in [0.25, 0.3) is 0 Å². The maximum absolute atomic E-state index is 13.7. The zero-order chi connectivity index (χ0) is 21.1. The van der Waals surface area contributed by atoms with Crippen LogP contribution < -0.4 is 10.6 Å². The summed E-state index contributed by atoms with van der Waals surface area (Å²) in [6, 6.07) is 13.7. The molecule has 0 radical (unpaired) electrons. The van der Waals surface area contributed by atoms with Crippen LogP contribution in [0.1, 0.15) is 20.7 Å². The predicted molar refractivity (Wildman–Crippen MR) is 95.0 cm³/mol. The van der Waals surface area contributed by atoms with Crippen molar-refractivity contribution in [2.75, 3.05) is 10.6 Å². The van der Waals surface area contributed by atoms with Gasteiger partial charge in [0.05, 0.1) is 0 Å². The Labute approximate surface area is 161 Å². The first kappa shape index (κ1) is 20.0. The molecule has 0 aliphatic heterocycles. The average molecular weight is 406 g/mol. The summed E-state index contributed by atoms with van der Waals surface area (Å²) >= 11 is 0. The van der Waals surface area contributed by atoms with Crippen molar-refractivity contribution in [1.29, 1.82) is 0 Å². The lowest BCUT2D eigenvalue weighted by atomic mass is 10.1. The van der Waals surface area contributed by atoms with Crippen molar-refractivity contribution in [2.45, 2.75) is 0 Å². The molecule has 0 spiro atoms. The fraction of sp³-hybridized carbons (Fsp3) is 0. The number of nitrogens with one attached hydrogen (secondary N) is 2. The number of carbonyl (C=O) groups is 2. The van der Waals surface area contributed by atoms with Crippen LogP contribution in [0, 0.1) is 29.1 Å². The van der Waals surface area contributed by atoms with Gasteiger partial charge in [-0.05, 0) is 36.4 Å². The Bertz CT molecular complexity index is 1060. The quantitative estimate of drug-likeness (QED) is 0.368. The van der Waals surface area contributed by atoms with Crippen molar-refractivity contribution in [3.05, 3.63) is 94.8 Å². The van der Waals surface area contributed by atoms with Crippen molar-refractivity contribution in [2.24, 2.45) is 0 Å². The minimum absolute atomic E-state index is 0.0183. The van der Waals surface area contributed by atoms with E-state index in [0.29, 0.717) is 5.69 Å². The molecule has 0 saturated heterocycles. The topological polar surface area (TPSA) is 58.2 Å². The zero-order valence-electron chi connectivity index (χ0n) is 14.4. The Morgan fingerprint density at radius 1 is 0.552 bits per heavy atom. The van der Waals surface area contributed by atoms with Gasteiger partial charge >= 0.3 is 0 Å². The molecule has 0 aliphatic carbocycles. The summed E-state index contributed by atoms with van der Waals surface area (Å²) in [6.07, 6.45) is 0. The molecule has 0 fully saturated rings. The van der Waals surface area contributed by atoms with Gasteiger partial charge in [-0.25, -0.2) is 22.0 Å². The van der Waals surface area contributed by atoms with Gasteiger partial charge in [-0.2, -0.15) is 0 Å². The highest BCUT2D eigenvalue weighted by Crippen LogP contribution is 2.24. The fourth-order valence-electron chi connectivity index (χ4n) is 2.43. The Balaban J connectivity index is 1.77. The standard InChI is InChI=1S/C20H11F5N2O2/c21-14-13(15(22)17(24)18(25)16(14)23)20(29)27-12-8-6-10(7-9-12)19(28)26-11-4-2-1-3-5-11/h1-9H,(H,26,28)(H,27,29). The zero-order valence-corrected chi connectivity index (χ0v) is 14.4. The van der Waals surface area contributed by atoms with Crippen molar-refractivity contribution in [3.8, 4) is 0 Å². The number of amides is 2. The summed E-state index contributed by atoms with van der Waals surface area (Å²) in [5, 5.41) is 4.66. The van der Waals surface area contributed by atoms with E-state index in [-0.39, 0.29) is 11.3 Å². The number of hydrogen-bond acceptors (Lipinski definition) is 2. The van der Waals surface area contributed by atoms with E-state index < -0.39 is 46.5 Å². The normalized spacial score (nSPS) is 10.5. The number of anilines is 2. The molecule has 3 aromatic carbocycles. The second-order valence-electron chi connectivity index (χ2n) is 5.80. The van der Waals surface area contributed by atoms with Gasteiger partial charge in [0.15, 0.2) is 23.3 Å². The Kier molecular flexibility index (Phi) is 5.58. The summed E-state index contributed by atoms with van der Waals surface area (Å²) in [5.74, 6) is -13.3. The van der Waals surface area contributed by atoms with Gasteiger partial charge in [0.2, 0.25) is 5.82 Å². The Hall–Kier alpha value is -3.75. The molecule has 2 N–H and O–H groups in total. The van der Waals surface area contributed by atoms with E-state index in [2.05, 4.69) is 5.32 Å². The summed E-state index contributed by atoms with van der Waals surface area (Å²) < 4.78 is 66.9. The Morgan fingerprint density at radius 2 is 1.00 bits per heavy atom. The Morgan fingerprint density at radius 3 is 1.55 bits per heavy atom. The molecular formula is C20H11F5N2O2. The minimum atomic E-state index is -2.36. The van der Waals surface area contributed by atoms with Gasteiger partial charge in [-0.1, -0.05) is 18.2 Å². The van der Waals surface area contributed by atoms with Gasteiger partial charge in [0, 0.05) is 16.9 Å². The smallest absolute Gasteiger partial charge is 0.261 e. The molecule has 29 heavy (non-hydrogen) atoms. The summed E-state index contributed by atoms with van der Waals surface area (Å²) in [6.45, 7) is 0. The van der Waals surface area contributed by atoms with Gasteiger partial charge in [-0.15, -0.1) is 0 Å². The molecule has 0 saturated carbocycles. The van der Waals surface area contributed by atoms with Gasteiger partial charge in [0.1, 0.15) is 5.56 Å². The van der Waals surface area contributed by atoms with E-state index >= 15 is 0 Å². The highest BCUT2D eigenvalue weighted by molar-refractivity contribution is 6.06. The molecule has 9 heteroatoms. The van der Waals surface area contributed by atoms with Crippen LogP contribution in [0.5, 0.6) is 0 Å². The maximum Gasteiger partial charge on any atom is 0.261 e. The molecule has 2 amide bonds. The monoisotopic (exact) mass is 406 g/mol. The van der Waals surface area contributed by atoms with Crippen LogP contribution in [0.15, 0.2) is 54.6 Å². The third-order valence-corrected chi connectivity index (χ3v) is 3.87. The molecule has 0 aliphatic rings. The maximum atomic E-state index is 13.7. The molecule has 148 valence electrons. The van der Waals surface area contributed by atoms with Crippen LogP contribution in [0.4, 0.5) is 33.3 Å². The third kappa shape index (κ3) is 4.08. The number of hydrogen-bond donors (Lipinski definition) is 2. The molecule has 3 aromatic rings. The van der Waals surface area contributed by atoms with Crippen molar-refractivity contribution >= 4 is 23.2 Å². The molecule has 3 rings (SSSR count). The average Bonchev–Trinajstić information content (AvgIpc) is 2.72. The SMILES string of the molecule is O=C(Nc1ccccc1)c1ccc(NC(=O)c2c(F)c(F)c(F)c(F)c2F)cc1. The van der Waals surface area contributed by atoms with Crippen LogP contribution in [0.2, 0.25) is 0 Å². The fourth-order valence-corrected chi connectivity index (χ4v) is 2.43. The highest BCUT2D eigenvalue weighted by atomic mass is 19.2. The summed E-state index contributed by atoms with van der Waals surface area (Å²) in [4.78, 5) is 24.2. The molecule has 4 nitrogen and oxygen atoms in total. The molecule has 0 heterocycles. The molecule has 0 bridgehead atoms. The summed E-state index contributed by atoms with van der Waals surface area (Å²) in [7, 11) is 0. The summed E-state index contributed by atoms with van der Waals surface area (Å²) in [5.41, 5.74) is -0.855. The van der Waals surface area contributed by atoms with Gasteiger partial charge < -0.3 is 10.6 Å². The molecule has 0 atom stereocenters. The lowest BCUT2D eigenvalue weighted by Gasteiger charge is -2.10. The van der Waals surface area contributed by atoms with Crippen LogP contribution in [0.3, 0.4) is 0 Å². The van der Waals surface area contributed by atoms with Gasteiger partial charge in [-0.3, -0.25) is 9.59 Å². The van der Waals surface area contributed by atoms with E-state index in [1.165, 1.54) is 24.3 Å². The number of benzene rings is 3. The second-order valence-corrected chi connectivity index (χ2v) is 5.80. The van der Waals surface area contributed by atoms with Crippen LogP contribution in [-0.4, -0.2) is 11.8 Å². The number of halogens is 5. The molecule has 0 unspecified atom stereocenters. The van der Waals surface area contributed by atoms with Crippen LogP contribution >= 0.6 is 0 Å². The number of carbonyl (C=O) groups excluding carboxylic acids is 2. The number of para-hydroxylation sites is 1. The van der Waals surface area contributed by atoms with Gasteiger partial charge in [0.25, 0.3) is 11.8 Å². The predicted octanol–water partition coefficient (Wildman–Crippen LogP) is 4.89.